The van der Waals surface area contributed by atoms with Crippen molar-refractivity contribution >= 4 is 11.5 Å². The second-order valence-corrected chi connectivity index (χ2v) is 4.17. The van der Waals surface area contributed by atoms with Gasteiger partial charge in [-0.2, -0.15) is 22.0 Å². The van der Waals surface area contributed by atoms with Gasteiger partial charge in [0.1, 0.15) is 0 Å². The van der Waals surface area contributed by atoms with Crippen molar-refractivity contribution in [2.24, 2.45) is 0 Å². The van der Waals surface area contributed by atoms with Crippen molar-refractivity contribution in [3.63, 3.8) is 0 Å². The average molecular weight is 335 g/mol. The van der Waals surface area contributed by atoms with Crippen LogP contribution < -0.4 is 14.8 Å². The van der Waals surface area contributed by atoms with Crippen LogP contribution >= 0.6 is 0 Å². The summed E-state index contributed by atoms with van der Waals surface area (Å²) in [4.78, 5) is 0. The van der Waals surface area contributed by atoms with Crippen LogP contribution in [-0.2, 0) is 6.18 Å². The normalized spacial score (nSPS) is 11.4. The Kier molecular flexibility index (Phi) is 4.82. The van der Waals surface area contributed by atoms with Gasteiger partial charge in [0.2, 0.25) is 0 Å². The number of nitrogens with one attached hydrogen (secondary N) is 1. The van der Waals surface area contributed by atoms with Crippen molar-refractivity contribution < 1.29 is 31.4 Å². The fourth-order valence-corrected chi connectivity index (χ4v) is 1.64. The van der Waals surface area contributed by atoms with Crippen LogP contribution in [0.1, 0.15) is 5.69 Å². The molecule has 0 saturated heterocycles. The molecule has 0 fully saturated rings. The van der Waals surface area contributed by atoms with E-state index in [1.165, 1.54) is 25.3 Å². The number of rotatable bonds is 5. The van der Waals surface area contributed by atoms with Gasteiger partial charge in [-0.1, -0.05) is 0 Å². The zero-order chi connectivity index (χ0) is 17.0. The monoisotopic (exact) mass is 335 g/mol. The Morgan fingerprint density at radius 2 is 1.78 bits per heavy atom. The van der Waals surface area contributed by atoms with Crippen LogP contribution in [-0.4, -0.2) is 23.9 Å². The number of methoxy groups -OCH3 is 1. The lowest BCUT2D eigenvalue weighted by atomic mass is 10.2. The van der Waals surface area contributed by atoms with Crippen LogP contribution in [0.4, 0.5) is 33.5 Å². The molecule has 0 aliphatic carbocycles. The lowest BCUT2D eigenvalue weighted by Gasteiger charge is -2.12. The van der Waals surface area contributed by atoms with Gasteiger partial charge in [0.15, 0.2) is 23.0 Å². The summed E-state index contributed by atoms with van der Waals surface area (Å²) in [5.41, 5.74) is -0.880. The van der Waals surface area contributed by atoms with Gasteiger partial charge in [0.25, 0.3) is 0 Å². The Morgan fingerprint density at radius 3 is 2.30 bits per heavy atom. The minimum Gasteiger partial charge on any atom is -0.493 e. The Balaban J connectivity index is 2.19. The average Bonchev–Trinajstić information content (AvgIpc) is 2.46. The Labute approximate surface area is 127 Å². The first kappa shape index (κ1) is 16.7. The van der Waals surface area contributed by atoms with E-state index in [2.05, 4.69) is 20.3 Å². The van der Waals surface area contributed by atoms with Crippen molar-refractivity contribution in [2.75, 3.05) is 12.4 Å². The van der Waals surface area contributed by atoms with Crippen LogP contribution in [0.15, 0.2) is 30.3 Å². The highest BCUT2D eigenvalue weighted by atomic mass is 19.4. The SMILES string of the molecule is COc1ccc(Nc2ccc(C(F)(F)F)nn2)cc1OC(F)F. The summed E-state index contributed by atoms with van der Waals surface area (Å²) in [7, 11) is 1.28. The van der Waals surface area contributed by atoms with E-state index in [1.807, 2.05) is 0 Å². The number of hydrogen-bond acceptors (Lipinski definition) is 5. The maximum absolute atomic E-state index is 12.4. The molecule has 10 heteroatoms. The second-order valence-electron chi connectivity index (χ2n) is 4.17. The maximum atomic E-state index is 12.4. The summed E-state index contributed by atoms with van der Waals surface area (Å²) in [6.07, 6.45) is -4.59. The summed E-state index contributed by atoms with van der Waals surface area (Å²) >= 11 is 0. The number of halogens is 5. The second kappa shape index (κ2) is 6.63. The zero-order valence-electron chi connectivity index (χ0n) is 11.6. The van der Waals surface area contributed by atoms with Gasteiger partial charge in [0, 0.05) is 11.8 Å². The van der Waals surface area contributed by atoms with Crippen LogP contribution in [0.3, 0.4) is 0 Å². The molecule has 0 aliphatic heterocycles. The molecule has 23 heavy (non-hydrogen) atoms. The summed E-state index contributed by atoms with van der Waals surface area (Å²) in [5, 5.41) is 9.04. The molecule has 0 spiro atoms. The summed E-state index contributed by atoms with van der Waals surface area (Å²) in [6.45, 7) is -3.05. The third-order valence-electron chi connectivity index (χ3n) is 2.61. The molecule has 2 aromatic rings. The zero-order valence-corrected chi connectivity index (χ0v) is 11.6. The van der Waals surface area contributed by atoms with Crippen LogP contribution in [0.2, 0.25) is 0 Å². The van der Waals surface area contributed by atoms with Gasteiger partial charge in [-0.05, 0) is 24.3 Å². The van der Waals surface area contributed by atoms with Crippen molar-refractivity contribution in [1.29, 1.82) is 0 Å². The molecule has 0 bridgehead atoms. The number of alkyl halides is 5. The number of aromatic nitrogens is 2. The van der Waals surface area contributed by atoms with Crippen LogP contribution in [0, 0.1) is 0 Å². The molecule has 0 unspecified atom stereocenters. The van der Waals surface area contributed by atoms with E-state index in [-0.39, 0.29) is 23.0 Å². The maximum Gasteiger partial charge on any atom is 0.435 e. The highest BCUT2D eigenvalue weighted by Gasteiger charge is 2.32. The first-order valence-corrected chi connectivity index (χ1v) is 6.10. The molecule has 1 aromatic heterocycles. The highest BCUT2D eigenvalue weighted by Crippen LogP contribution is 2.32. The molecule has 1 N–H and O–H groups in total. The molecule has 0 aliphatic rings. The van der Waals surface area contributed by atoms with E-state index in [1.54, 1.807) is 0 Å². The Bertz CT molecular complexity index is 662. The van der Waals surface area contributed by atoms with Crippen LogP contribution in [0.5, 0.6) is 11.5 Å². The fourth-order valence-electron chi connectivity index (χ4n) is 1.64. The van der Waals surface area contributed by atoms with Crippen molar-refractivity contribution in [2.45, 2.75) is 12.8 Å². The fraction of sp³-hybridized carbons (Fsp3) is 0.231. The van der Waals surface area contributed by atoms with Gasteiger partial charge < -0.3 is 14.8 Å². The minimum absolute atomic E-state index is 0.00571. The van der Waals surface area contributed by atoms with Crippen molar-refractivity contribution in [3.05, 3.63) is 36.0 Å². The topological polar surface area (TPSA) is 56.3 Å². The van der Waals surface area contributed by atoms with Gasteiger partial charge in [-0.3, -0.25) is 0 Å². The molecule has 5 nitrogen and oxygen atoms in total. The lowest BCUT2D eigenvalue weighted by Crippen LogP contribution is -2.09. The molecule has 1 aromatic carbocycles. The van der Waals surface area contributed by atoms with Gasteiger partial charge >= 0.3 is 12.8 Å². The van der Waals surface area contributed by atoms with Crippen molar-refractivity contribution in [1.82, 2.24) is 10.2 Å². The predicted molar refractivity (Wildman–Crippen MR) is 69.9 cm³/mol. The van der Waals surface area contributed by atoms with Crippen LogP contribution in [0.25, 0.3) is 0 Å². The van der Waals surface area contributed by atoms with E-state index in [9.17, 15) is 22.0 Å². The van der Waals surface area contributed by atoms with E-state index >= 15 is 0 Å². The molecule has 2 rings (SSSR count). The predicted octanol–water partition coefficient (Wildman–Crippen LogP) is 3.85. The first-order chi connectivity index (χ1) is 10.8. The van der Waals surface area contributed by atoms with E-state index in [0.717, 1.165) is 12.1 Å². The summed E-state index contributed by atoms with van der Waals surface area (Å²) in [5.74, 6) is -0.145. The molecular weight excluding hydrogens is 325 g/mol. The van der Waals surface area contributed by atoms with Crippen molar-refractivity contribution in [3.8, 4) is 11.5 Å². The summed E-state index contributed by atoms with van der Waals surface area (Å²) in [6, 6.07) is 5.82. The third kappa shape index (κ3) is 4.41. The standard InChI is InChI=1S/C13H10F5N3O2/c1-22-8-3-2-7(6-9(8)23-12(14)15)19-11-5-4-10(20-21-11)13(16,17)18/h2-6,12H,1H3,(H,19,21). The van der Waals surface area contributed by atoms with Gasteiger partial charge in [-0.15, -0.1) is 10.2 Å². The quantitative estimate of drug-likeness (QED) is 0.841. The minimum atomic E-state index is -4.59. The number of hydrogen-bond donors (Lipinski definition) is 1. The Hall–Kier alpha value is -2.65. The first-order valence-electron chi connectivity index (χ1n) is 6.10. The molecule has 0 amide bonds. The van der Waals surface area contributed by atoms with E-state index in [4.69, 9.17) is 4.74 Å². The summed E-state index contributed by atoms with van der Waals surface area (Å²) < 4.78 is 70.9. The molecule has 0 radical (unpaired) electrons. The molecule has 124 valence electrons. The molecular formula is C13H10F5N3O2. The number of ether oxygens (including phenoxy) is 2. The number of anilines is 2. The third-order valence-corrected chi connectivity index (χ3v) is 2.61. The van der Waals surface area contributed by atoms with E-state index < -0.39 is 18.5 Å². The smallest absolute Gasteiger partial charge is 0.435 e. The lowest BCUT2D eigenvalue weighted by molar-refractivity contribution is -0.141. The highest BCUT2D eigenvalue weighted by molar-refractivity contribution is 5.61. The molecule has 1 heterocycles. The number of benzene rings is 1. The molecule has 0 saturated carbocycles. The Morgan fingerprint density at radius 1 is 1.04 bits per heavy atom. The molecule has 0 atom stereocenters. The van der Waals surface area contributed by atoms with Gasteiger partial charge in [0.05, 0.1) is 7.11 Å². The van der Waals surface area contributed by atoms with Gasteiger partial charge in [-0.25, -0.2) is 0 Å². The van der Waals surface area contributed by atoms with E-state index in [0.29, 0.717) is 0 Å². The number of nitrogens with zero attached hydrogens (tertiary/aromatic N) is 2. The largest absolute Gasteiger partial charge is 0.493 e.